The molecule has 0 bridgehead atoms. The predicted molar refractivity (Wildman–Crippen MR) is 149 cm³/mol. The third kappa shape index (κ3) is 5.85. The number of hydrogen-bond acceptors (Lipinski definition) is 6. The SMILES string of the molecule is CN(Cc1ccccc1)CC(NC(=O)OCC1c2ccccc2-c2ccccc21)C(=O)N1C[C@H](O)C[C@@H]1C(=O)O. The zero-order valence-electron chi connectivity index (χ0n) is 22.3. The average Bonchev–Trinajstić information content (AvgIpc) is 3.50. The van der Waals surface area contributed by atoms with E-state index in [1.807, 2.05) is 78.7 Å². The van der Waals surface area contributed by atoms with Crippen molar-refractivity contribution in [3.63, 3.8) is 0 Å². The summed E-state index contributed by atoms with van der Waals surface area (Å²) in [5.41, 5.74) is 5.38. The summed E-state index contributed by atoms with van der Waals surface area (Å²) < 4.78 is 5.67. The number of carbonyl (C=O) groups is 3. The fourth-order valence-electron chi connectivity index (χ4n) is 5.73. The van der Waals surface area contributed by atoms with E-state index >= 15 is 0 Å². The largest absolute Gasteiger partial charge is 0.480 e. The lowest BCUT2D eigenvalue weighted by atomic mass is 9.98. The summed E-state index contributed by atoms with van der Waals surface area (Å²) in [6.45, 7) is 0.612. The van der Waals surface area contributed by atoms with Crippen LogP contribution in [0.1, 0.15) is 29.0 Å². The number of fused-ring (bicyclic) bond motifs is 3. The number of ether oxygens (including phenoxy) is 1. The summed E-state index contributed by atoms with van der Waals surface area (Å²) in [7, 11) is 1.82. The summed E-state index contributed by atoms with van der Waals surface area (Å²) in [6, 6.07) is 23.5. The van der Waals surface area contributed by atoms with E-state index in [9.17, 15) is 24.6 Å². The molecule has 1 heterocycles. The number of carboxylic acid groups (broad SMARTS) is 1. The molecule has 3 aromatic carbocycles. The minimum absolute atomic E-state index is 0.0570. The Labute approximate surface area is 233 Å². The molecule has 2 amide bonds. The molecule has 0 radical (unpaired) electrons. The molecule has 1 fully saturated rings. The Balaban J connectivity index is 1.30. The van der Waals surface area contributed by atoms with Crippen LogP contribution in [-0.2, 0) is 20.9 Å². The Bertz CT molecular complexity index is 1330. The summed E-state index contributed by atoms with van der Waals surface area (Å²) in [4.78, 5) is 41.5. The van der Waals surface area contributed by atoms with E-state index in [4.69, 9.17) is 4.74 Å². The van der Waals surface area contributed by atoms with E-state index in [0.717, 1.165) is 32.7 Å². The molecule has 0 saturated carbocycles. The Hall–Kier alpha value is -4.21. The molecule has 0 aromatic heterocycles. The van der Waals surface area contributed by atoms with E-state index in [0.29, 0.717) is 6.54 Å². The Kier molecular flexibility index (Phi) is 8.14. The van der Waals surface area contributed by atoms with Crippen molar-refractivity contribution in [2.45, 2.75) is 37.1 Å². The number of aliphatic hydroxyl groups is 1. The van der Waals surface area contributed by atoms with Gasteiger partial charge in [-0.15, -0.1) is 0 Å². The maximum absolute atomic E-state index is 13.6. The topological polar surface area (TPSA) is 119 Å². The molecule has 208 valence electrons. The normalized spacial score (nSPS) is 18.7. The van der Waals surface area contributed by atoms with Crippen LogP contribution in [0.2, 0.25) is 0 Å². The standard InChI is InChI=1S/C31H33N3O6/c1-33(16-20-9-3-2-4-10-20)18-27(29(36)34-17-21(35)15-28(34)30(37)38)32-31(39)40-19-26-24-13-7-5-11-22(24)23-12-6-8-14-25(23)26/h2-14,21,26-28,35H,15-19H2,1H3,(H,32,39)(H,37,38)/t21-,27?,28-/m1/s1. The number of rotatable bonds is 9. The molecular formula is C31H33N3O6. The molecule has 1 saturated heterocycles. The fourth-order valence-corrected chi connectivity index (χ4v) is 5.73. The third-order valence-electron chi connectivity index (χ3n) is 7.57. The highest BCUT2D eigenvalue weighted by atomic mass is 16.5. The number of alkyl carbamates (subject to hydrolysis) is 1. The molecule has 3 N–H and O–H groups in total. The second-order valence-electron chi connectivity index (χ2n) is 10.4. The van der Waals surface area contributed by atoms with Crippen molar-refractivity contribution in [3.8, 4) is 11.1 Å². The van der Waals surface area contributed by atoms with E-state index in [2.05, 4.69) is 17.4 Å². The molecule has 5 rings (SSSR count). The van der Waals surface area contributed by atoms with Crippen molar-refractivity contribution in [3.05, 3.63) is 95.6 Å². The zero-order chi connectivity index (χ0) is 28.2. The Morgan fingerprint density at radius 3 is 2.20 bits per heavy atom. The smallest absolute Gasteiger partial charge is 0.407 e. The Morgan fingerprint density at radius 1 is 0.975 bits per heavy atom. The molecule has 3 aromatic rings. The first-order chi connectivity index (χ1) is 19.3. The highest BCUT2D eigenvalue weighted by Crippen LogP contribution is 2.44. The van der Waals surface area contributed by atoms with Gasteiger partial charge in [0.15, 0.2) is 0 Å². The van der Waals surface area contributed by atoms with Gasteiger partial charge in [0.2, 0.25) is 5.91 Å². The molecular weight excluding hydrogens is 510 g/mol. The van der Waals surface area contributed by atoms with Gasteiger partial charge in [-0.3, -0.25) is 9.69 Å². The molecule has 3 atom stereocenters. The van der Waals surface area contributed by atoms with Crippen LogP contribution in [0.3, 0.4) is 0 Å². The van der Waals surface area contributed by atoms with Gasteiger partial charge >= 0.3 is 12.1 Å². The van der Waals surface area contributed by atoms with Crippen LogP contribution in [0.25, 0.3) is 11.1 Å². The third-order valence-corrected chi connectivity index (χ3v) is 7.57. The molecule has 1 aliphatic heterocycles. The van der Waals surface area contributed by atoms with Gasteiger partial charge in [0.25, 0.3) is 0 Å². The minimum Gasteiger partial charge on any atom is -0.480 e. The van der Waals surface area contributed by atoms with Gasteiger partial charge in [0, 0.05) is 32.0 Å². The van der Waals surface area contributed by atoms with Crippen LogP contribution in [-0.4, -0.2) is 82.9 Å². The van der Waals surface area contributed by atoms with Crippen LogP contribution >= 0.6 is 0 Å². The second-order valence-corrected chi connectivity index (χ2v) is 10.4. The van der Waals surface area contributed by atoms with Gasteiger partial charge in [-0.1, -0.05) is 78.9 Å². The first kappa shape index (κ1) is 27.4. The monoisotopic (exact) mass is 543 g/mol. The van der Waals surface area contributed by atoms with Gasteiger partial charge in [-0.25, -0.2) is 9.59 Å². The molecule has 9 heteroatoms. The molecule has 9 nitrogen and oxygen atoms in total. The van der Waals surface area contributed by atoms with Gasteiger partial charge in [-0.2, -0.15) is 0 Å². The van der Waals surface area contributed by atoms with Gasteiger partial charge < -0.3 is 25.2 Å². The van der Waals surface area contributed by atoms with Crippen LogP contribution in [0.15, 0.2) is 78.9 Å². The van der Waals surface area contributed by atoms with Crippen molar-refractivity contribution in [1.82, 2.24) is 15.1 Å². The number of carboxylic acids is 1. The summed E-state index contributed by atoms with van der Waals surface area (Å²) in [6.07, 6.45) is -1.76. The highest BCUT2D eigenvalue weighted by Gasteiger charge is 2.42. The van der Waals surface area contributed by atoms with Crippen molar-refractivity contribution < 1.29 is 29.3 Å². The van der Waals surface area contributed by atoms with Crippen LogP contribution in [0.4, 0.5) is 4.79 Å². The maximum atomic E-state index is 13.6. The van der Waals surface area contributed by atoms with E-state index < -0.39 is 36.2 Å². The lowest BCUT2D eigenvalue weighted by Gasteiger charge is -2.29. The van der Waals surface area contributed by atoms with Crippen molar-refractivity contribution in [1.29, 1.82) is 0 Å². The first-order valence-corrected chi connectivity index (χ1v) is 13.4. The number of likely N-dealkylation sites (tertiary alicyclic amines) is 1. The molecule has 2 aliphatic rings. The first-order valence-electron chi connectivity index (χ1n) is 13.4. The number of aliphatic hydroxyl groups excluding tert-OH is 1. The van der Waals surface area contributed by atoms with Crippen LogP contribution in [0, 0.1) is 0 Å². The fraction of sp³-hybridized carbons (Fsp3) is 0.323. The predicted octanol–water partition coefficient (Wildman–Crippen LogP) is 3.07. The number of β-amino-alcohol motifs (C(OH)–C–C–N with tert-alkyl or cyclic N) is 1. The van der Waals surface area contributed by atoms with Crippen molar-refractivity contribution in [2.75, 3.05) is 26.7 Å². The quantitative estimate of drug-likeness (QED) is 0.380. The number of benzene rings is 3. The lowest BCUT2D eigenvalue weighted by Crippen LogP contribution is -2.55. The minimum atomic E-state index is -1.19. The maximum Gasteiger partial charge on any atom is 0.407 e. The van der Waals surface area contributed by atoms with Crippen LogP contribution in [0.5, 0.6) is 0 Å². The zero-order valence-corrected chi connectivity index (χ0v) is 22.3. The van der Waals surface area contributed by atoms with E-state index in [1.54, 1.807) is 0 Å². The average molecular weight is 544 g/mol. The number of likely N-dealkylation sites (N-methyl/N-ethyl adjacent to an activating group) is 1. The summed E-state index contributed by atoms with van der Waals surface area (Å²) in [5.74, 6) is -1.90. The number of hydrogen-bond donors (Lipinski definition) is 3. The second kappa shape index (κ2) is 11.9. The summed E-state index contributed by atoms with van der Waals surface area (Å²) in [5, 5.41) is 22.4. The van der Waals surface area contributed by atoms with Gasteiger partial charge in [-0.05, 0) is 34.9 Å². The van der Waals surface area contributed by atoms with Crippen LogP contribution < -0.4 is 5.32 Å². The van der Waals surface area contributed by atoms with Gasteiger partial charge in [0.05, 0.1) is 6.10 Å². The summed E-state index contributed by atoms with van der Waals surface area (Å²) >= 11 is 0. The van der Waals surface area contributed by atoms with E-state index in [-0.39, 0.29) is 32.0 Å². The number of amides is 2. The molecule has 1 unspecified atom stereocenters. The molecule has 0 spiro atoms. The number of nitrogens with one attached hydrogen (secondary N) is 1. The van der Waals surface area contributed by atoms with Gasteiger partial charge in [0.1, 0.15) is 18.7 Å². The van der Waals surface area contributed by atoms with E-state index in [1.165, 1.54) is 0 Å². The highest BCUT2D eigenvalue weighted by molar-refractivity contribution is 5.90. The molecule has 40 heavy (non-hydrogen) atoms. The van der Waals surface area contributed by atoms with Crippen molar-refractivity contribution >= 4 is 18.0 Å². The molecule has 1 aliphatic carbocycles. The van der Waals surface area contributed by atoms with Crippen molar-refractivity contribution in [2.24, 2.45) is 0 Å². The number of aliphatic carboxylic acids is 1. The Morgan fingerprint density at radius 2 is 1.57 bits per heavy atom. The number of nitrogens with zero attached hydrogens (tertiary/aromatic N) is 2. The lowest BCUT2D eigenvalue weighted by molar-refractivity contribution is -0.149. The number of carbonyl (C=O) groups excluding carboxylic acids is 2.